The number of hydrogen-bond acceptors (Lipinski definition) is 7. The van der Waals surface area contributed by atoms with Crippen LogP contribution in [-0.2, 0) is 11.8 Å². The fourth-order valence-corrected chi connectivity index (χ4v) is 3.46. The number of nitrogens with one attached hydrogen (secondary N) is 1. The summed E-state index contributed by atoms with van der Waals surface area (Å²) in [5.41, 5.74) is 6.75. The number of rotatable bonds is 7. The van der Waals surface area contributed by atoms with Crippen LogP contribution in [0, 0.1) is 6.92 Å². The van der Waals surface area contributed by atoms with E-state index in [0.29, 0.717) is 17.1 Å². The molecule has 1 atom stereocenters. The molecular formula is C19H22F3N7O2. The van der Waals surface area contributed by atoms with E-state index in [9.17, 15) is 18.3 Å². The molecule has 1 fully saturated rings. The van der Waals surface area contributed by atoms with Crippen LogP contribution in [0.15, 0.2) is 29.5 Å². The fourth-order valence-electron chi connectivity index (χ4n) is 3.46. The summed E-state index contributed by atoms with van der Waals surface area (Å²) in [5, 5.41) is 18.1. The number of aryl methyl sites for hydroxylation is 1. The van der Waals surface area contributed by atoms with Gasteiger partial charge in [0.15, 0.2) is 0 Å². The summed E-state index contributed by atoms with van der Waals surface area (Å²) in [7, 11) is 0. The van der Waals surface area contributed by atoms with E-state index in [1.165, 1.54) is 12.3 Å². The maximum absolute atomic E-state index is 12.9. The highest BCUT2D eigenvalue weighted by Crippen LogP contribution is 2.34. The second-order valence-electron chi connectivity index (χ2n) is 7.31. The third kappa shape index (κ3) is 5.60. The zero-order valence-corrected chi connectivity index (χ0v) is 16.8. The first-order chi connectivity index (χ1) is 14.7. The molecule has 0 bridgehead atoms. The van der Waals surface area contributed by atoms with E-state index >= 15 is 0 Å². The van der Waals surface area contributed by atoms with Gasteiger partial charge in [-0.05, 0) is 44.5 Å². The largest absolute Gasteiger partial charge is 0.474 e. The van der Waals surface area contributed by atoms with Gasteiger partial charge in [0.2, 0.25) is 5.88 Å². The molecule has 0 aliphatic carbocycles. The van der Waals surface area contributed by atoms with Gasteiger partial charge in [0.1, 0.15) is 23.7 Å². The Labute approximate surface area is 176 Å². The number of halogens is 3. The molecule has 9 nitrogen and oxygen atoms in total. The van der Waals surface area contributed by atoms with Crippen LogP contribution in [0.1, 0.15) is 41.5 Å². The second-order valence-corrected chi connectivity index (χ2v) is 7.31. The minimum absolute atomic E-state index is 0.0437. The van der Waals surface area contributed by atoms with Crippen molar-refractivity contribution in [2.75, 3.05) is 26.2 Å². The molecule has 1 aliphatic rings. The van der Waals surface area contributed by atoms with Gasteiger partial charge in [-0.1, -0.05) is 11.2 Å². The van der Waals surface area contributed by atoms with Crippen LogP contribution < -0.4 is 10.1 Å². The Morgan fingerprint density at radius 3 is 2.71 bits per heavy atom. The van der Waals surface area contributed by atoms with E-state index in [4.69, 9.17) is 10.3 Å². The SMILES string of the molecule is Cc1ncc(C(O)(CN=[N+]=[N-])COc2cccc(C(F)(F)F)n2)c(C2CCNCC2)n1. The van der Waals surface area contributed by atoms with E-state index in [0.717, 1.165) is 38.1 Å². The number of azide groups is 1. The van der Waals surface area contributed by atoms with E-state index in [2.05, 4.69) is 30.3 Å². The molecule has 0 saturated carbocycles. The van der Waals surface area contributed by atoms with Gasteiger partial charge in [0.05, 0.1) is 12.2 Å². The molecule has 1 aliphatic heterocycles. The first-order valence-corrected chi connectivity index (χ1v) is 9.68. The van der Waals surface area contributed by atoms with Crippen LogP contribution in [-0.4, -0.2) is 46.3 Å². The number of ether oxygens (including phenoxy) is 1. The lowest BCUT2D eigenvalue weighted by molar-refractivity contribution is -0.141. The number of pyridine rings is 1. The normalized spacial score (nSPS) is 16.9. The Kier molecular flexibility index (Phi) is 6.94. The zero-order chi connectivity index (χ0) is 22.5. The minimum Gasteiger partial charge on any atom is -0.474 e. The van der Waals surface area contributed by atoms with Crippen LogP contribution >= 0.6 is 0 Å². The van der Waals surface area contributed by atoms with Gasteiger partial charge in [-0.2, -0.15) is 13.2 Å². The van der Waals surface area contributed by atoms with Gasteiger partial charge < -0.3 is 15.2 Å². The van der Waals surface area contributed by atoms with Crippen molar-refractivity contribution in [2.45, 2.75) is 37.5 Å². The van der Waals surface area contributed by atoms with Crippen molar-refractivity contribution in [3.8, 4) is 5.88 Å². The predicted octanol–water partition coefficient (Wildman–Crippen LogP) is 3.24. The Balaban J connectivity index is 1.93. The number of aliphatic hydroxyl groups is 1. The molecule has 0 aromatic carbocycles. The minimum atomic E-state index is -4.63. The first kappa shape index (κ1) is 22.7. The van der Waals surface area contributed by atoms with Crippen molar-refractivity contribution < 1.29 is 23.0 Å². The second kappa shape index (κ2) is 9.46. The number of hydrogen-bond donors (Lipinski definition) is 2. The van der Waals surface area contributed by atoms with Crippen molar-refractivity contribution in [2.24, 2.45) is 5.11 Å². The summed E-state index contributed by atoms with van der Waals surface area (Å²) in [5.74, 6) is 0.247. The monoisotopic (exact) mass is 437 g/mol. The number of alkyl halides is 3. The smallest absolute Gasteiger partial charge is 0.433 e. The lowest BCUT2D eigenvalue weighted by Gasteiger charge is -2.31. The van der Waals surface area contributed by atoms with Crippen LogP contribution in [0.4, 0.5) is 13.2 Å². The lowest BCUT2D eigenvalue weighted by Crippen LogP contribution is -2.39. The Hall–Kier alpha value is -2.95. The Bertz CT molecular complexity index is 960. The van der Waals surface area contributed by atoms with E-state index < -0.39 is 30.6 Å². The molecule has 0 spiro atoms. The third-order valence-electron chi connectivity index (χ3n) is 5.03. The molecule has 12 heteroatoms. The van der Waals surface area contributed by atoms with Gasteiger partial charge in [0, 0.05) is 28.7 Å². The molecule has 2 aromatic heterocycles. The highest BCUT2D eigenvalue weighted by Gasteiger charge is 2.37. The number of nitrogens with zero attached hydrogens (tertiary/aromatic N) is 6. The zero-order valence-electron chi connectivity index (χ0n) is 16.8. The molecule has 2 N–H and O–H groups in total. The lowest BCUT2D eigenvalue weighted by atomic mass is 9.85. The predicted molar refractivity (Wildman–Crippen MR) is 104 cm³/mol. The van der Waals surface area contributed by atoms with Crippen molar-refractivity contribution in [3.05, 3.63) is 57.6 Å². The van der Waals surface area contributed by atoms with Gasteiger partial charge >= 0.3 is 6.18 Å². The summed E-state index contributed by atoms with van der Waals surface area (Å²) >= 11 is 0. The van der Waals surface area contributed by atoms with E-state index in [-0.39, 0.29) is 11.8 Å². The van der Waals surface area contributed by atoms with Crippen LogP contribution in [0.25, 0.3) is 10.4 Å². The van der Waals surface area contributed by atoms with Crippen molar-refractivity contribution in [1.29, 1.82) is 0 Å². The molecule has 0 radical (unpaired) electrons. The summed E-state index contributed by atoms with van der Waals surface area (Å²) in [6.45, 7) is 2.39. The number of aromatic nitrogens is 3. The van der Waals surface area contributed by atoms with Crippen molar-refractivity contribution >= 4 is 0 Å². The molecule has 1 saturated heterocycles. The number of piperidine rings is 1. The third-order valence-corrected chi connectivity index (χ3v) is 5.03. The summed E-state index contributed by atoms with van der Waals surface area (Å²) in [6.07, 6.45) is -1.60. The Morgan fingerprint density at radius 1 is 1.29 bits per heavy atom. The van der Waals surface area contributed by atoms with E-state index in [1.807, 2.05) is 0 Å². The molecule has 1 unspecified atom stereocenters. The van der Waals surface area contributed by atoms with E-state index in [1.54, 1.807) is 6.92 Å². The van der Waals surface area contributed by atoms with Crippen LogP contribution in [0.5, 0.6) is 5.88 Å². The summed E-state index contributed by atoms with van der Waals surface area (Å²) in [4.78, 5) is 14.8. The highest BCUT2D eigenvalue weighted by atomic mass is 19.4. The molecule has 3 heterocycles. The van der Waals surface area contributed by atoms with Crippen LogP contribution in [0.2, 0.25) is 0 Å². The molecule has 166 valence electrons. The average Bonchev–Trinajstić information content (AvgIpc) is 2.76. The van der Waals surface area contributed by atoms with Crippen molar-refractivity contribution in [1.82, 2.24) is 20.3 Å². The van der Waals surface area contributed by atoms with Gasteiger partial charge in [-0.25, -0.2) is 15.0 Å². The average molecular weight is 437 g/mol. The highest BCUT2D eigenvalue weighted by molar-refractivity contribution is 5.30. The van der Waals surface area contributed by atoms with Gasteiger partial charge in [-0.3, -0.25) is 0 Å². The van der Waals surface area contributed by atoms with Gasteiger partial charge in [-0.15, -0.1) is 0 Å². The molecule has 2 aromatic rings. The van der Waals surface area contributed by atoms with Gasteiger partial charge in [0.25, 0.3) is 0 Å². The maximum atomic E-state index is 12.9. The summed E-state index contributed by atoms with van der Waals surface area (Å²) in [6, 6.07) is 3.23. The first-order valence-electron chi connectivity index (χ1n) is 9.68. The van der Waals surface area contributed by atoms with Crippen molar-refractivity contribution in [3.63, 3.8) is 0 Å². The summed E-state index contributed by atoms with van der Waals surface area (Å²) < 4.78 is 44.2. The van der Waals surface area contributed by atoms with Crippen LogP contribution in [0.3, 0.4) is 0 Å². The topological polar surface area (TPSA) is 129 Å². The maximum Gasteiger partial charge on any atom is 0.433 e. The quantitative estimate of drug-likeness (QED) is 0.389. The fraction of sp³-hybridized carbons (Fsp3) is 0.526. The molecule has 0 amide bonds. The Morgan fingerprint density at radius 2 is 2.03 bits per heavy atom. The molecule has 3 rings (SSSR count). The molecular weight excluding hydrogens is 415 g/mol. The standard InChI is InChI=1S/C19H22F3N7O2/c1-12-25-9-14(17(27-12)13-5-7-24-8-6-13)18(30,10-26-29-23)11-31-16-4-2-3-15(28-16)19(20,21)22/h2-4,9,13,24,30H,5-8,10-11H2,1H3. The molecule has 31 heavy (non-hydrogen) atoms.